The Morgan fingerprint density at radius 1 is 0.844 bits per heavy atom. The lowest BCUT2D eigenvalue weighted by atomic mass is 9.33. The van der Waals surface area contributed by atoms with Crippen LogP contribution in [0.15, 0.2) is 11.6 Å². The van der Waals surface area contributed by atoms with Crippen LogP contribution in [0, 0.1) is 50.2 Å². The molecule has 0 aromatic carbocycles. The van der Waals surface area contributed by atoms with Crippen molar-refractivity contribution < 1.29 is 10.2 Å². The van der Waals surface area contributed by atoms with E-state index < -0.39 is 0 Å². The molecule has 4 saturated carbocycles. The van der Waals surface area contributed by atoms with Gasteiger partial charge in [0.15, 0.2) is 0 Å². The van der Waals surface area contributed by atoms with Gasteiger partial charge < -0.3 is 10.2 Å². The molecule has 0 saturated heterocycles. The summed E-state index contributed by atoms with van der Waals surface area (Å²) in [6, 6.07) is 0. The molecule has 2 unspecified atom stereocenters. The van der Waals surface area contributed by atoms with E-state index in [1.165, 1.54) is 57.8 Å². The molecule has 0 aromatic rings. The highest BCUT2D eigenvalue weighted by Gasteiger charge is 2.68. The molecule has 182 valence electrons. The van der Waals surface area contributed by atoms with E-state index in [0.717, 1.165) is 6.42 Å². The Morgan fingerprint density at radius 3 is 2.22 bits per heavy atom. The first-order valence-corrected chi connectivity index (χ1v) is 13.8. The van der Waals surface area contributed by atoms with Gasteiger partial charge in [-0.2, -0.15) is 0 Å². The standard InChI is InChI=1S/C30H50O2/c1-25(2)14-16-30(19-31)17-15-28(6)20(21(30)18-25)8-9-23-27(5)12-11-24(32)26(3,4)22(27)10-13-29(23,28)7/h8,21-24,31-32H,9-19H2,1-7H3/t21?,22-,23+,24-,27-,28+,29+,30?/m0/s1. The summed E-state index contributed by atoms with van der Waals surface area (Å²) in [6.07, 6.45) is 14.6. The molecule has 0 aromatic heterocycles. The first kappa shape index (κ1) is 23.4. The Labute approximate surface area is 197 Å². The van der Waals surface area contributed by atoms with Crippen molar-refractivity contribution in [1.82, 2.24) is 0 Å². The van der Waals surface area contributed by atoms with Crippen LogP contribution in [0.25, 0.3) is 0 Å². The smallest absolute Gasteiger partial charge is 0.0594 e. The zero-order chi connectivity index (χ0) is 23.4. The van der Waals surface area contributed by atoms with Crippen LogP contribution in [0.3, 0.4) is 0 Å². The number of rotatable bonds is 1. The van der Waals surface area contributed by atoms with Crippen LogP contribution in [0.2, 0.25) is 0 Å². The number of aliphatic hydroxyl groups is 2. The Balaban J connectivity index is 1.58. The molecule has 32 heavy (non-hydrogen) atoms. The van der Waals surface area contributed by atoms with Gasteiger partial charge in [0, 0.05) is 12.0 Å². The second kappa shape index (κ2) is 6.87. The van der Waals surface area contributed by atoms with Gasteiger partial charge >= 0.3 is 0 Å². The van der Waals surface area contributed by atoms with Crippen molar-refractivity contribution in [3.63, 3.8) is 0 Å². The van der Waals surface area contributed by atoms with Crippen molar-refractivity contribution in [2.45, 2.75) is 119 Å². The fourth-order valence-electron chi connectivity index (χ4n) is 10.6. The van der Waals surface area contributed by atoms with E-state index in [-0.39, 0.29) is 22.3 Å². The van der Waals surface area contributed by atoms with E-state index in [2.05, 4.69) is 54.5 Å². The van der Waals surface area contributed by atoms with Crippen molar-refractivity contribution in [3.8, 4) is 0 Å². The minimum absolute atomic E-state index is 0.0191. The fraction of sp³-hybridized carbons (Fsp3) is 0.933. The lowest BCUT2D eigenvalue weighted by molar-refractivity contribution is -0.204. The predicted octanol–water partition coefficient (Wildman–Crippen LogP) is 7.14. The van der Waals surface area contributed by atoms with Crippen molar-refractivity contribution in [3.05, 3.63) is 11.6 Å². The van der Waals surface area contributed by atoms with Gasteiger partial charge in [-0.3, -0.25) is 0 Å². The van der Waals surface area contributed by atoms with E-state index in [4.69, 9.17) is 0 Å². The molecule has 0 amide bonds. The minimum atomic E-state index is -0.153. The van der Waals surface area contributed by atoms with Crippen LogP contribution in [-0.2, 0) is 0 Å². The Bertz CT molecular complexity index is 810. The van der Waals surface area contributed by atoms with E-state index in [1.54, 1.807) is 5.57 Å². The quantitative estimate of drug-likeness (QED) is 0.424. The van der Waals surface area contributed by atoms with Gasteiger partial charge in [-0.25, -0.2) is 0 Å². The van der Waals surface area contributed by atoms with Gasteiger partial charge in [-0.1, -0.05) is 60.1 Å². The van der Waals surface area contributed by atoms with E-state index in [0.29, 0.717) is 40.6 Å². The second-order valence-corrected chi connectivity index (χ2v) is 15.1. The Kier molecular flexibility index (Phi) is 5.02. The third-order valence-corrected chi connectivity index (χ3v) is 13.1. The summed E-state index contributed by atoms with van der Waals surface area (Å²) in [5, 5.41) is 21.5. The van der Waals surface area contributed by atoms with Crippen molar-refractivity contribution in [2.75, 3.05) is 6.61 Å². The molecule has 5 rings (SSSR count). The first-order valence-electron chi connectivity index (χ1n) is 13.8. The zero-order valence-electron chi connectivity index (χ0n) is 22.1. The molecule has 8 atom stereocenters. The molecule has 0 radical (unpaired) electrons. The summed E-state index contributed by atoms with van der Waals surface area (Å²) < 4.78 is 0. The highest BCUT2D eigenvalue weighted by Crippen LogP contribution is 2.75. The third-order valence-electron chi connectivity index (χ3n) is 13.1. The van der Waals surface area contributed by atoms with Crippen LogP contribution in [0.4, 0.5) is 0 Å². The SMILES string of the molecule is CC1(C)CCC2(CO)CC[C@]3(C)C(=CC[C@@H]4[C@@]5(C)CC[C@H](O)C(C)(C)[C@@H]5CC[C@]43C)C2C1. The summed E-state index contributed by atoms with van der Waals surface area (Å²) >= 11 is 0. The molecule has 0 spiro atoms. The van der Waals surface area contributed by atoms with Crippen LogP contribution in [0.5, 0.6) is 0 Å². The first-order chi connectivity index (χ1) is 14.8. The topological polar surface area (TPSA) is 40.5 Å². The molecule has 2 N–H and O–H groups in total. The van der Waals surface area contributed by atoms with Crippen molar-refractivity contribution >= 4 is 0 Å². The molecule has 0 heterocycles. The minimum Gasteiger partial charge on any atom is -0.396 e. The summed E-state index contributed by atoms with van der Waals surface area (Å²) in [4.78, 5) is 0. The lowest BCUT2D eigenvalue weighted by Crippen LogP contribution is -2.64. The Hall–Kier alpha value is -0.340. The highest BCUT2D eigenvalue weighted by atomic mass is 16.3. The summed E-state index contributed by atoms with van der Waals surface area (Å²) in [7, 11) is 0. The maximum absolute atomic E-state index is 10.9. The van der Waals surface area contributed by atoms with Gasteiger partial charge in [-0.05, 0) is 109 Å². The number of hydrogen-bond acceptors (Lipinski definition) is 2. The summed E-state index contributed by atoms with van der Waals surface area (Å²) in [5.74, 6) is 1.87. The van der Waals surface area contributed by atoms with Crippen LogP contribution in [0.1, 0.15) is 113 Å². The normalized spacial score (nSPS) is 53.8. The zero-order valence-corrected chi connectivity index (χ0v) is 22.1. The number of allylic oxidation sites excluding steroid dienone is 2. The van der Waals surface area contributed by atoms with Gasteiger partial charge in [-0.15, -0.1) is 0 Å². The molecule has 2 nitrogen and oxygen atoms in total. The van der Waals surface area contributed by atoms with Crippen molar-refractivity contribution in [2.24, 2.45) is 50.2 Å². The monoisotopic (exact) mass is 442 g/mol. The molecule has 5 aliphatic carbocycles. The van der Waals surface area contributed by atoms with Crippen LogP contribution < -0.4 is 0 Å². The van der Waals surface area contributed by atoms with Gasteiger partial charge in [0.25, 0.3) is 0 Å². The number of aliphatic hydroxyl groups excluding tert-OH is 2. The maximum Gasteiger partial charge on any atom is 0.0594 e. The van der Waals surface area contributed by atoms with E-state index >= 15 is 0 Å². The molecule has 5 aliphatic rings. The number of hydrogen-bond donors (Lipinski definition) is 2. The average Bonchev–Trinajstić information content (AvgIpc) is 2.71. The lowest BCUT2D eigenvalue weighted by Gasteiger charge is -2.71. The average molecular weight is 443 g/mol. The molecular formula is C30H50O2. The van der Waals surface area contributed by atoms with Gasteiger partial charge in [0.2, 0.25) is 0 Å². The predicted molar refractivity (Wildman–Crippen MR) is 132 cm³/mol. The molecule has 2 heteroatoms. The molecule has 0 aliphatic heterocycles. The van der Waals surface area contributed by atoms with E-state index in [1.807, 2.05) is 0 Å². The van der Waals surface area contributed by atoms with Crippen molar-refractivity contribution in [1.29, 1.82) is 0 Å². The van der Waals surface area contributed by atoms with Gasteiger partial charge in [0.1, 0.15) is 0 Å². The van der Waals surface area contributed by atoms with Crippen LogP contribution >= 0.6 is 0 Å². The van der Waals surface area contributed by atoms with Gasteiger partial charge in [0.05, 0.1) is 6.10 Å². The maximum atomic E-state index is 10.9. The Morgan fingerprint density at radius 2 is 1.53 bits per heavy atom. The second-order valence-electron chi connectivity index (χ2n) is 15.1. The summed E-state index contributed by atoms with van der Waals surface area (Å²) in [5.41, 5.74) is 3.16. The highest BCUT2D eigenvalue weighted by molar-refractivity contribution is 5.33. The fourth-order valence-corrected chi connectivity index (χ4v) is 10.6. The van der Waals surface area contributed by atoms with Crippen LogP contribution in [-0.4, -0.2) is 22.9 Å². The molecule has 4 fully saturated rings. The summed E-state index contributed by atoms with van der Waals surface area (Å²) in [6.45, 7) is 17.8. The third kappa shape index (κ3) is 2.78. The number of fused-ring (bicyclic) bond motifs is 7. The van der Waals surface area contributed by atoms with E-state index in [9.17, 15) is 10.2 Å². The molecular weight excluding hydrogens is 392 g/mol. The largest absolute Gasteiger partial charge is 0.396 e. The molecule has 0 bridgehead atoms.